The van der Waals surface area contributed by atoms with Gasteiger partial charge in [0.15, 0.2) is 0 Å². The van der Waals surface area contributed by atoms with Crippen LogP contribution >= 0.6 is 0 Å². The molecule has 7 rings (SSSR count). The van der Waals surface area contributed by atoms with Crippen LogP contribution in [0.15, 0.2) is 91.1 Å². The average molecular weight is 651 g/mol. The van der Waals surface area contributed by atoms with Crippen LogP contribution in [0, 0.1) is 5.92 Å². The van der Waals surface area contributed by atoms with E-state index in [2.05, 4.69) is 17.2 Å². The summed E-state index contributed by atoms with van der Waals surface area (Å²) in [6, 6.07) is 27.3. The number of aliphatic hydroxyl groups excluding tert-OH is 1. The first-order valence-electron chi connectivity index (χ1n) is 16.1. The van der Waals surface area contributed by atoms with Gasteiger partial charge in [-0.15, -0.1) is 5.10 Å². The Morgan fingerprint density at radius 3 is 2.53 bits per heavy atom. The van der Waals surface area contributed by atoms with Gasteiger partial charge in [-0.05, 0) is 60.8 Å². The molecule has 0 fully saturated rings. The van der Waals surface area contributed by atoms with Crippen molar-refractivity contribution < 1.29 is 23.5 Å². The molecule has 8 nitrogen and oxygen atoms in total. The Morgan fingerprint density at radius 2 is 1.81 bits per heavy atom. The maximum absolute atomic E-state index is 16.2. The minimum atomic E-state index is -3.25. The molecule has 2 aliphatic rings. The van der Waals surface area contributed by atoms with Crippen molar-refractivity contribution in [1.82, 2.24) is 15.0 Å². The van der Waals surface area contributed by atoms with Crippen molar-refractivity contribution in [2.45, 2.75) is 56.7 Å². The standard InChI is InChI=1S/C37H39FN4O4Si/c1-23-35(45-2)28-20-26(42-31-15-9-13-25-12-8-14-27(34(25)31)37(42)44)16-17-32(28)46-36(23)33(47(3,4)38)18-19-41-21-30(39-40-41)29(22-43)24-10-6-5-7-11-24/h5-17,20-21,23,29,33,35-36,43H,18-19,22H2,1-4H3/t23-,29?,33?,35-,36-/m0/s1. The fraction of sp³-hybridized carbons (Fsp3) is 0.324. The van der Waals surface area contributed by atoms with Crippen molar-refractivity contribution in [1.29, 1.82) is 0 Å². The van der Waals surface area contributed by atoms with Gasteiger partial charge >= 0.3 is 0 Å². The highest BCUT2D eigenvalue weighted by Crippen LogP contribution is 2.50. The number of halogens is 1. The fourth-order valence-corrected chi connectivity index (χ4v) is 9.45. The molecule has 2 unspecified atom stereocenters. The molecule has 0 radical (unpaired) electrons. The Bertz CT molecular complexity index is 1920. The molecular formula is C37H39FN4O4Si. The van der Waals surface area contributed by atoms with Gasteiger partial charge < -0.3 is 18.7 Å². The molecule has 0 aliphatic carbocycles. The molecule has 4 aromatic carbocycles. The SMILES string of the molecule is CO[C@@H]1c2cc(N3C(=O)c4cccc5cccc3c45)ccc2O[C@H](C(CCn2cc(C(CO)c3ccccc3)nn2)[Si](C)(C)F)[C@H]1C. The summed E-state index contributed by atoms with van der Waals surface area (Å²) in [6.07, 6.45) is 1.58. The molecule has 5 aromatic rings. The minimum Gasteiger partial charge on any atom is -0.490 e. The smallest absolute Gasteiger partial charge is 0.263 e. The molecule has 1 aromatic heterocycles. The van der Waals surface area contributed by atoms with E-state index in [0.29, 0.717) is 30.0 Å². The summed E-state index contributed by atoms with van der Waals surface area (Å²) in [5.41, 5.74) is 4.41. The summed E-state index contributed by atoms with van der Waals surface area (Å²) in [5.74, 6) is 0.138. The van der Waals surface area contributed by atoms with Gasteiger partial charge in [0, 0.05) is 47.9 Å². The molecule has 3 heterocycles. The van der Waals surface area contributed by atoms with Crippen molar-refractivity contribution in [2.24, 2.45) is 5.92 Å². The van der Waals surface area contributed by atoms with Crippen molar-refractivity contribution in [3.63, 3.8) is 0 Å². The van der Waals surface area contributed by atoms with Crippen LogP contribution in [0.2, 0.25) is 18.6 Å². The van der Waals surface area contributed by atoms with Gasteiger partial charge in [-0.25, -0.2) is 0 Å². The summed E-state index contributed by atoms with van der Waals surface area (Å²) >= 11 is 0. The van der Waals surface area contributed by atoms with Gasteiger partial charge in [0.2, 0.25) is 8.41 Å². The Hall–Kier alpha value is -4.38. The predicted molar refractivity (Wildman–Crippen MR) is 183 cm³/mol. The fourth-order valence-electron chi connectivity index (χ4n) is 7.48. The highest BCUT2D eigenvalue weighted by Gasteiger charge is 2.47. The second-order valence-electron chi connectivity index (χ2n) is 13.2. The van der Waals surface area contributed by atoms with Gasteiger partial charge in [-0.2, -0.15) is 0 Å². The number of ether oxygens (including phenoxy) is 2. The number of aryl methyl sites for hydroxylation is 1. The van der Waals surface area contributed by atoms with Gasteiger partial charge in [-0.1, -0.05) is 66.7 Å². The third-order valence-corrected chi connectivity index (χ3v) is 12.3. The minimum absolute atomic E-state index is 0.0658. The summed E-state index contributed by atoms with van der Waals surface area (Å²) < 4.78 is 30.7. The Balaban J connectivity index is 1.14. The molecule has 0 bridgehead atoms. The second-order valence-corrected chi connectivity index (χ2v) is 17.0. The maximum Gasteiger partial charge on any atom is 0.263 e. The molecule has 10 heteroatoms. The third kappa shape index (κ3) is 5.54. The molecule has 1 N–H and O–H groups in total. The molecule has 0 saturated heterocycles. The number of amides is 1. The van der Waals surface area contributed by atoms with Crippen molar-refractivity contribution >= 4 is 36.5 Å². The van der Waals surface area contributed by atoms with E-state index in [1.165, 1.54) is 0 Å². The van der Waals surface area contributed by atoms with Crippen molar-refractivity contribution in [2.75, 3.05) is 18.6 Å². The highest BCUT2D eigenvalue weighted by molar-refractivity contribution is 6.72. The van der Waals surface area contributed by atoms with E-state index in [-0.39, 0.29) is 36.0 Å². The first-order valence-corrected chi connectivity index (χ1v) is 19.1. The molecule has 242 valence electrons. The molecule has 1 amide bonds. The first kappa shape index (κ1) is 31.2. The molecular weight excluding hydrogens is 612 g/mol. The summed E-state index contributed by atoms with van der Waals surface area (Å²) in [4.78, 5) is 15.4. The quantitative estimate of drug-likeness (QED) is 0.124. The zero-order chi connectivity index (χ0) is 32.9. The lowest BCUT2D eigenvalue weighted by atomic mass is 9.86. The largest absolute Gasteiger partial charge is 0.490 e. The maximum atomic E-state index is 16.2. The number of nitrogens with zero attached hydrogens (tertiary/aromatic N) is 4. The first-order chi connectivity index (χ1) is 22.7. The topological polar surface area (TPSA) is 89.7 Å². The van der Waals surface area contributed by atoms with Gasteiger partial charge in [-0.3, -0.25) is 14.4 Å². The van der Waals surface area contributed by atoms with E-state index in [1.807, 2.05) is 91.1 Å². The lowest BCUT2D eigenvalue weighted by Gasteiger charge is -2.43. The number of aromatic nitrogens is 3. The van der Waals surface area contributed by atoms with E-state index in [9.17, 15) is 9.90 Å². The highest BCUT2D eigenvalue weighted by atomic mass is 28.4. The number of carbonyl (C=O) groups is 1. The van der Waals surface area contributed by atoms with E-state index < -0.39 is 14.5 Å². The van der Waals surface area contributed by atoms with Crippen LogP contribution in [-0.4, -0.2) is 54.2 Å². The Kier molecular flexibility index (Phi) is 8.19. The summed E-state index contributed by atoms with van der Waals surface area (Å²) in [6.45, 7) is 5.89. The monoisotopic (exact) mass is 650 g/mol. The zero-order valence-electron chi connectivity index (χ0n) is 27.0. The van der Waals surface area contributed by atoms with Crippen molar-refractivity contribution in [3.05, 3.63) is 114 Å². The lowest BCUT2D eigenvalue weighted by Crippen LogP contribution is -2.46. The summed E-state index contributed by atoms with van der Waals surface area (Å²) in [5, 5.41) is 20.8. The number of methoxy groups -OCH3 is 1. The Labute approximate surface area is 274 Å². The predicted octanol–water partition coefficient (Wildman–Crippen LogP) is 7.57. The van der Waals surface area contributed by atoms with Gasteiger partial charge in [0.1, 0.15) is 11.9 Å². The van der Waals surface area contributed by atoms with E-state index >= 15 is 4.11 Å². The number of carbonyl (C=O) groups excluding carboxylic acids is 1. The average Bonchev–Trinajstić information content (AvgIpc) is 3.65. The molecule has 47 heavy (non-hydrogen) atoms. The molecule has 5 atom stereocenters. The van der Waals surface area contributed by atoms with Crippen LogP contribution < -0.4 is 9.64 Å². The number of aliphatic hydroxyl groups is 1. The number of hydrogen-bond acceptors (Lipinski definition) is 6. The second kappa shape index (κ2) is 12.3. The molecule has 2 aliphatic heterocycles. The molecule has 0 spiro atoms. The van der Waals surface area contributed by atoms with Crippen LogP contribution in [-0.2, 0) is 11.3 Å². The van der Waals surface area contributed by atoms with Crippen LogP contribution in [0.3, 0.4) is 0 Å². The van der Waals surface area contributed by atoms with Crippen LogP contribution in [0.25, 0.3) is 10.8 Å². The normalized spacial score (nSPS) is 20.3. The number of fused-ring (bicyclic) bond motifs is 1. The number of anilines is 2. The number of rotatable bonds is 10. The van der Waals surface area contributed by atoms with E-state index in [0.717, 1.165) is 33.3 Å². The van der Waals surface area contributed by atoms with Crippen molar-refractivity contribution in [3.8, 4) is 5.75 Å². The molecule has 0 saturated carbocycles. The number of benzene rings is 4. The van der Waals surface area contributed by atoms with Crippen LogP contribution in [0.5, 0.6) is 5.75 Å². The van der Waals surface area contributed by atoms with Crippen LogP contribution in [0.1, 0.15) is 52.5 Å². The summed E-state index contributed by atoms with van der Waals surface area (Å²) in [7, 11) is -1.57. The lowest BCUT2D eigenvalue weighted by molar-refractivity contribution is -0.0242. The Morgan fingerprint density at radius 1 is 1.04 bits per heavy atom. The van der Waals surface area contributed by atoms with Crippen LogP contribution in [0.4, 0.5) is 15.5 Å². The van der Waals surface area contributed by atoms with E-state index in [4.69, 9.17) is 9.47 Å². The zero-order valence-corrected chi connectivity index (χ0v) is 28.0. The number of hydrogen-bond donors (Lipinski definition) is 1. The van der Waals surface area contributed by atoms with Gasteiger partial charge in [0.25, 0.3) is 5.91 Å². The third-order valence-electron chi connectivity index (χ3n) is 9.87. The van der Waals surface area contributed by atoms with Gasteiger partial charge in [0.05, 0.1) is 35.6 Å². The van der Waals surface area contributed by atoms with E-state index in [1.54, 1.807) is 29.8 Å².